The molecule has 0 saturated carbocycles. The molecule has 1 atom stereocenters. The van der Waals surface area contributed by atoms with Crippen molar-refractivity contribution < 1.29 is 0 Å². The Hall–Kier alpha value is -0.790. The summed E-state index contributed by atoms with van der Waals surface area (Å²) in [4.78, 5) is 4.23. The highest BCUT2D eigenvalue weighted by Crippen LogP contribution is 1.97. The molecule has 0 amide bonds. The van der Waals surface area contributed by atoms with E-state index in [0.717, 1.165) is 25.6 Å². The molecular formula is C14H28IN5. The van der Waals surface area contributed by atoms with Crippen molar-refractivity contribution in [3.8, 4) is 0 Å². The molecule has 1 heterocycles. The molecule has 0 aliphatic carbocycles. The fourth-order valence-corrected chi connectivity index (χ4v) is 1.87. The average molecular weight is 393 g/mol. The van der Waals surface area contributed by atoms with Gasteiger partial charge in [0.1, 0.15) is 0 Å². The number of guanidine groups is 1. The Labute approximate surface area is 139 Å². The van der Waals surface area contributed by atoms with Crippen molar-refractivity contribution in [2.45, 2.75) is 39.7 Å². The maximum absolute atomic E-state index is 4.23. The fourth-order valence-electron chi connectivity index (χ4n) is 1.87. The largest absolute Gasteiger partial charge is 0.356 e. The lowest BCUT2D eigenvalue weighted by atomic mass is 10.2. The van der Waals surface area contributed by atoms with Crippen molar-refractivity contribution in [1.82, 2.24) is 20.4 Å². The molecule has 1 rings (SSSR count). The Kier molecular flexibility index (Phi) is 11.5. The van der Waals surface area contributed by atoms with Crippen LogP contribution in [0.25, 0.3) is 0 Å². The van der Waals surface area contributed by atoms with Gasteiger partial charge in [0.15, 0.2) is 5.96 Å². The zero-order valence-corrected chi connectivity index (χ0v) is 15.1. The van der Waals surface area contributed by atoms with Crippen molar-refractivity contribution >= 4 is 29.9 Å². The number of nitrogens with zero attached hydrogens (tertiary/aromatic N) is 3. The van der Waals surface area contributed by atoms with Gasteiger partial charge in [-0.15, -0.1) is 24.0 Å². The lowest BCUT2D eigenvalue weighted by Crippen LogP contribution is -2.40. The van der Waals surface area contributed by atoms with E-state index in [9.17, 15) is 0 Å². The number of rotatable bonds is 8. The Morgan fingerprint density at radius 1 is 1.35 bits per heavy atom. The van der Waals surface area contributed by atoms with E-state index in [-0.39, 0.29) is 24.0 Å². The summed E-state index contributed by atoms with van der Waals surface area (Å²) < 4.78 is 1.96. The summed E-state index contributed by atoms with van der Waals surface area (Å²) in [5, 5.41) is 10.9. The molecule has 0 aromatic carbocycles. The highest BCUT2D eigenvalue weighted by molar-refractivity contribution is 14.0. The minimum absolute atomic E-state index is 0. The Bertz CT molecular complexity index is 350. The lowest BCUT2D eigenvalue weighted by Gasteiger charge is -2.16. The molecule has 0 bridgehead atoms. The van der Waals surface area contributed by atoms with E-state index >= 15 is 0 Å². The monoisotopic (exact) mass is 393 g/mol. The van der Waals surface area contributed by atoms with E-state index in [1.54, 1.807) is 0 Å². The quantitative estimate of drug-likeness (QED) is 0.309. The molecule has 6 heteroatoms. The van der Waals surface area contributed by atoms with E-state index in [1.807, 2.05) is 30.2 Å². The summed E-state index contributed by atoms with van der Waals surface area (Å²) in [6, 6.07) is 1.95. The van der Waals surface area contributed by atoms with Crippen LogP contribution in [0.1, 0.15) is 33.1 Å². The van der Waals surface area contributed by atoms with Crippen LogP contribution in [0.2, 0.25) is 0 Å². The van der Waals surface area contributed by atoms with Crippen molar-refractivity contribution in [2.75, 3.05) is 20.1 Å². The summed E-state index contributed by atoms with van der Waals surface area (Å²) in [7, 11) is 1.81. The first-order valence-electron chi connectivity index (χ1n) is 7.18. The van der Waals surface area contributed by atoms with Gasteiger partial charge in [-0.25, -0.2) is 0 Å². The molecule has 0 aliphatic rings. The lowest BCUT2D eigenvalue weighted by molar-refractivity contribution is 0.443. The molecule has 5 nitrogen and oxygen atoms in total. The molecule has 0 aliphatic heterocycles. The van der Waals surface area contributed by atoms with Gasteiger partial charge in [0.05, 0.1) is 0 Å². The molecule has 1 aromatic heterocycles. The molecule has 2 N–H and O–H groups in total. The van der Waals surface area contributed by atoms with E-state index in [4.69, 9.17) is 0 Å². The van der Waals surface area contributed by atoms with Crippen LogP contribution >= 0.6 is 24.0 Å². The van der Waals surface area contributed by atoms with Crippen LogP contribution in [-0.2, 0) is 6.54 Å². The first-order valence-corrected chi connectivity index (χ1v) is 7.18. The summed E-state index contributed by atoms with van der Waals surface area (Å²) in [5.41, 5.74) is 0. The predicted octanol–water partition coefficient (Wildman–Crippen LogP) is 2.49. The van der Waals surface area contributed by atoms with Gasteiger partial charge in [-0.1, -0.05) is 26.7 Å². The number of hydrogen-bond donors (Lipinski definition) is 2. The molecule has 0 spiro atoms. The first-order chi connectivity index (χ1) is 9.26. The van der Waals surface area contributed by atoms with Crippen LogP contribution in [0, 0.1) is 5.92 Å². The van der Waals surface area contributed by atoms with Crippen LogP contribution in [0.5, 0.6) is 0 Å². The van der Waals surface area contributed by atoms with Gasteiger partial charge in [0.2, 0.25) is 0 Å². The zero-order valence-electron chi connectivity index (χ0n) is 12.8. The van der Waals surface area contributed by atoms with E-state index in [2.05, 4.69) is 34.6 Å². The SMILES string of the molecule is CCCCCNC(=NC)NCC(C)Cn1cccn1.I. The predicted molar refractivity (Wildman–Crippen MR) is 95.7 cm³/mol. The summed E-state index contributed by atoms with van der Waals surface area (Å²) in [5.74, 6) is 1.40. The molecule has 0 saturated heterocycles. The van der Waals surface area contributed by atoms with Crippen LogP contribution < -0.4 is 10.6 Å². The summed E-state index contributed by atoms with van der Waals surface area (Å²) in [6.45, 7) is 7.23. The standard InChI is InChI=1S/C14H27N5.HI/c1-4-5-6-8-16-14(15-3)17-11-13(2)12-19-10-7-9-18-19;/h7,9-10,13H,4-6,8,11-12H2,1-3H3,(H2,15,16,17);1H. The second-order valence-corrected chi connectivity index (χ2v) is 4.92. The Balaban J connectivity index is 0.00000361. The summed E-state index contributed by atoms with van der Waals surface area (Å²) in [6.07, 6.45) is 7.51. The minimum atomic E-state index is 0. The van der Waals surface area contributed by atoms with Crippen molar-refractivity contribution in [2.24, 2.45) is 10.9 Å². The van der Waals surface area contributed by atoms with Crippen LogP contribution in [0.3, 0.4) is 0 Å². The molecule has 1 aromatic rings. The van der Waals surface area contributed by atoms with Gasteiger partial charge in [-0.2, -0.15) is 5.10 Å². The molecule has 0 fully saturated rings. The van der Waals surface area contributed by atoms with Crippen LogP contribution in [0.15, 0.2) is 23.5 Å². The Morgan fingerprint density at radius 3 is 2.75 bits per heavy atom. The highest BCUT2D eigenvalue weighted by Gasteiger charge is 2.04. The van der Waals surface area contributed by atoms with Gasteiger partial charge < -0.3 is 10.6 Å². The summed E-state index contributed by atoms with van der Waals surface area (Å²) >= 11 is 0. The molecule has 0 radical (unpaired) electrons. The maximum atomic E-state index is 4.23. The second kappa shape index (κ2) is 12.0. The minimum Gasteiger partial charge on any atom is -0.356 e. The van der Waals surface area contributed by atoms with Crippen LogP contribution in [0.4, 0.5) is 0 Å². The second-order valence-electron chi connectivity index (χ2n) is 4.92. The smallest absolute Gasteiger partial charge is 0.190 e. The van der Waals surface area contributed by atoms with E-state index in [1.165, 1.54) is 19.3 Å². The van der Waals surface area contributed by atoms with Gasteiger partial charge in [0, 0.05) is 39.1 Å². The van der Waals surface area contributed by atoms with Crippen molar-refractivity contribution in [3.05, 3.63) is 18.5 Å². The third-order valence-corrected chi connectivity index (χ3v) is 2.97. The van der Waals surface area contributed by atoms with Gasteiger partial charge in [0.25, 0.3) is 0 Å². The number of nitrogens with one attached hydrogen (secondary N) is 2. The normalized spacial score (nSPS) is 12.7. The molecular weight excluding hydrogens is 365 g/mol. The maximum Gasteiger partial charge on any atom is 0.190 e. The zero-order chi connectivity index (χ0) is 13.9. The number of halogens is 1. The van der Waals surface area contributed by atoms with Crippen LogP contribution in [-0.4, -0.2) is 35.9 Å². The number of unbranched alkanes of at least 4 members (excludes halogenated alkanes) is 2. The van der Waals surface area contributed by atoms with E-state index < -0.39 is 0 Å². The van der Waals surface area contributed by atoms with Gasteiger partial charge >= 0.3 is 0 Å². The van der Waals surface area contributed by atoms with Gasteiger partial charge in [-0.05, 0) is 18.4 Å². The third-order valence-electron chi connectivity index (χ3n) is 2.97. The Morgan fingerprint density at radius 2 is 2.15 bits per heavy atom. The topological polar surface area (TPSA) is 54.2 Å². The van der Waals surface area contributed by atoms with E-state index in [0.29, 0.717) is 5.92 Å². The number of aromatic nitrogens is 2. The third kappa shape index (κ3) is 8.39. The van der Waals surface area contributed by atoms with Crippen molar-refractivity contribution in [3.63, 3.8) is 0 Å². The van der Waals surface area contributed by atoms with Gasteiger partial charge in [-0.3, -0.25) is 9.67 Å². The highest BCUT2D eigenvalue weighted by atomic mass is 127. The molecule has 116 valence electrons. The number of hydrogen-bond acceptors (Lipinski definition) is 2. The first kappa shape index (κ1) is 19.2. The average Bonchev–Trinajstić information content (AvgIpc) is 2.91. The molecule has 1 unspecified atom stereocenters. The molecule has 20 heavy (non-hydrogen) atoms. The number of aliphatic imine (C=N–C) groups is 1. The fraction of sp³-hybridized carbons (Fsp3) is 0.714. The van der Waals surface area contributed by atoms with Crippen molar-refractivity contribution in [1.29, 1.82) is 0 Å².